The molecule has 6 nitrogen and oxygen atoms in total. The molecular weight excluding hydrogens is 188 g/mol. The molecule has 1 amide bonds. The van der Waals surface area contributed by atoms with Crippen LogP contribution < -0.4 is 11.5 Å². The fraction of sp³-hybridized carbons (Fsp3) is 0.375. The van der Waals surface area contributed by atoms with Crippen LogP contribution in [0.3, 0.4) is 0 Å². The van der Waals surface area contributed by atoms with E-state index in [1.54, 1.807) is 0 Å². The van der Waals surface area contributed by atoms with Crippen molar-refractivity contribution >= 4 is 17.7 Å². The maximum atomic E-state index is 11.1. The Kier molecular flexibility index (Phi) is 3.97. The minimum atomic E-state index is -2.10. The molecule has 6 heteroatoms. The Bertz CT molecular complexity index is 287. The fourth-order valence-corrected chi connectivity index (χ4v) is 0.838. The second-order valence-corrected chi connectivity index (χ2v) is 2.81. The smallest absolute Gasteiger partial charge is 0.331 e. The summed E-state index contributed by atoms with van der Waals surface area (Å²) < 4.78 is 0. The summed E-state index contributed by atoms with van der Waals surface area (Å²) in [6.45, 7) is 3.13. The molecule has 0 unspecified atom stereocenters. The van der Waals surface area contributed by atoms with Crippen LogP contribution in [0.25, 0.3) is 0 Å². The van der Waals surface area contributed by atoms with E-state index >= 15 is 0 Å². The Balaban J connectivity index is 4.73. The Morgan fingerprint density at radius 1 is 1.43 bits per heavy atom. The van der Waals surface area contributed by atoms with Crippen LogP contribution in [0.4, 0.5) is 0 Å². The molecule has 0 saturated heterocycles. The summed E-state index contributed by atoms with van der Waals surface area (Å²) >= 11 is 0. The normalized spacial score (nSPS) is 14.1. The minimum Gasteiger partial charge on any atom is -0.480 e. The number of hydrogen-bond donors (Lipinski definition) is 3. The Hall–Kier alpha value is -1.69. The molecule has 0 bridgehead atoms. The number of amides is 1. The zero-order valence-corrected chi connectivity index (χ0v) is 7.53. The first-order valence-corrected chi connectivity index (χ1v) is 3.82. The quantitative estimate of drug-likeness (QED) is 0.366. The first-order chi connectivity index (χ1) is 6.34. The van der Waals surface area contributed by atoms with Crippen molar-refractivity contribution in [2.24, 2.45) is 11.5 Å². The van der Waals surface area contributed by atoms with E-state index in [1.807, 2.05) is 0 Å². The van der Waals surface area contributed by atoms with Crippen LogP contribution in [-0.4, -0.2) is 28.3 Å². The highest BCUT2D eigenvalue weighted by Crippen LogP contribution is 2.12. The number of hydrogen-bond acceptors (Lipinski definition) is 4. The van der Waals surface area contributed by atoms with Crippen LogP contribution in [0.1, 0.15) is 12.8 Å². The van der Waals surface area contributed by atoms with Gasteiger partial charge in [0.1, 0.15) is 0 Å². The third-order valence-electron chi connectivity index (χ3n) is 1.77. The molecule has 0 aliphatic heterocycles. The van der Waals surface area contributed by atoms with Crippen molar-refractivity contribution in [3.8, 4) is 0 Å². The summed E-state index contributed by atoms with van der Waals surface area (Å²) in [5, 5.41) is 8.70. The highest BCUT2D eigenvalue weighted by Gasteiger charge is 2.40. The summed E-state index contributed by atoms with van der Waals surface area (Å²) in [6.07, 6.45) is 0.222. The van der Waals surface area contributed by atoms with E-state index in [0.717, 1.165) is 6.08 Å². The van der Waals surface area contributed by atoms with Gasteiger partial charge in [0.25, 0.3) is 0 Å². The third kappa shape index (κ3) is 2.67. The van der Waals surface area contributed by atoms with E-state index in [9.17, 15) is 14.4 Å². The standard InChI is InChI=1S/C8H12N2O4/c1-2-5(11)8(10,7(13)14)4-3-6(9)12/h2H,1,3-4,10H2,(H2,9,12)(H,13,14)/t8-/m1/s1. The van der Waals surface area contributed by atoms with Crippen molar-refractivity contribution in [3.63, 3.8) is 0 Å². The zero-order chi connectivity index (χ0) is 11.4. The monoisotopic (exact) mass is 200 g/mol. The summed E-state index contributed by atoms with van der Waals surface area (Å²) in [6, 6.07) is 0. The molecule has 0 radical (unpaired) electrons. The van der Waals surface area contributed by atoms with E-state index in [2.05, 4.69) is 6.58 Å². The van der Waals surface area contributed by atoms with Crippen LogP contribution in [0.5, 0.6) is 0 Å². The number of carboxylic acids is 1. The van der Waals surface area contributed by atoms with Gasteiger partial charge in [0.15, 0.2) is 11.3 Å². The topological polar surface area (TPSA) is 123 Å². The predicted octanol–water partition coefficient (Wildman–Crippen LogP) is -1.21. The van der Waals surface area contributed by atoms with Gasteiger partial charge in [-0.1, -0.05) is 6.58 Å². The first kappa shape index (κ1) is 12.3. The average Bonchev–Trinajstić information content (AvgIpc) is 2.12. The predicted molar refractivity (Wildman–Crippen MR) is 48.2 cm³/mol. The lowest BCUT2D eigenvalue weighted by Gasteiger charge is -2.20. The summed E-state index contributed by atoms with van der Waals surface area (Å²) in [5.74, 6) is -3.05. The molecule has 0 rings (SSSR count). The SMILES string of the molecule is C=CC(=O)[C@](N)(CCC(N)=O)C(=O)O. The second kappa shape index (κ2) is 4.52. The van der Waals surface area contributed by atoms with Gasteiger partial charge in [-0.05, 0) is 12.5 Å². The highest BCUT2D eigenvalue weighted by atomic mass is 16.4. The molecule has 0 saturated carbocycles. The third-order valence-corrected chi connectivity index (χ3v) is 1.77. The summed E-state index contributed by atoms with van der Waals surface area (Å²) in [7, 11) is 0. The molecule has 0 heterocycles. The van der Waals surface area contributed by atoms with E-state index in [1.165, 1.54) is 0 Å². The maximum Gasteiger partial charge on any atom is 0.331 e. The number of carbonyl (C=O) groups excluding carboxylic acids is 2. The van der Waals surface area contributed by atoms with Crippen molar-refractivity contribution in [3.05, 3.63) is 12.7 Å². The Morgan fingerprint density at radius 2 is 1.93 bits per heavy atom. The van der Waals surface area contributed by atoms with Gasteiger partial charge in [-0.2, -0.15) is 0 Å². The second-order valence-electron chi connectivity index (χ2n) is 2.81. The number of ketones is 1. The number of nitrogens with two attached hydrogens (primary N) is 2. The van der Waals surface area contributed by atoms with Crippen molar-refractivity contribution in [1.29, 1.82) is 0 Å². The molecular formula is C8H12N2O4. The van der Waals surface area contributed by atoms with Gasteiger partial charge < -0.3 is 16.6 Å². The molecule has 0 aromatic rings. The van der Waals surface area contributed by atoms with E-state index in [-0.39, 0.29) is 12.8 Å². The zero-order valence-electron chi connectivity index (χ0n) is 7.53. The summed E-state index contributed by atoms with van der Waals surface area (Å²) in [5.41, 5.74) is 8.03. The number of rotatable bonds is 6. The molecule has 1 atom stereocenters. The number of carboxylic acid groups (broad SMARTS) is 1. The molecule has 0 spiro atoms. The van der Waals surface area contributed by atoms with Crippen molar-refractivity contribution < 1.29 is 19.5 Å². The van der Waals surface area contributed by atoms with E-state index in [4.69, 9.17) is 16.6 Å². The Morgan fingerprint density at radius 3 is 2.21 bits per heavy atom. The molecule has 0 aliphatic carbocycles. The van der Waals surface area contributed by atoms with Crippen LogP contribution in [0.2, 0.25) is 0 Å². The van der Waals surface area contributed by atoms with Crippen LogP contribution >= 0.6 is 0 Å². The maximum absolute atomic E-state index is 11.1. The number of aliphatic carboxylic acids is 1. The van der Waals surface area contributed by atoms with Crippen molar-refractivity contribution in [2.45, 2.75) is 18.4 Å². The van der Waals surface area contributed by atoms with Gasteiger partial charge in [0, 0.05) is 6.42 Å². The fourth-order valence-electron chi connectivity index (χ4n) is 0.838. The molecule has 0 aliphatic rings. The van der Waals surface area contributed by atoms with Crippen LogP contribution in [0.15, 0.2) is 12.7 Å². The molecule has 0 fully saturated rings. The lowest BCUT2D eigenvalue weighted by molar-refractivity contribution is -0.147. The van der Waals surface area contributed by atoms with Gasteiger partial charge in [-0.3, -0.25) is 9.59 Å². The van der Waals surface area contributed by atoms with Gasteiger partial charge in [-0.25, -0.2) is 4.79 Å². The van der Waals surface area contributed by atoms with Crippen LogP contribution in [0, 0.1) is 0 Å². The number of primary amides is 1. The van der Waals surface area contributed by atoms with Crippen molar-refractivity contribution in [1.82, 2.24) is 0 Å². The van der Waals surface area contributed by atoms with Crippen LogP contribution in [-0.2, 0) is 14.4 Å². The molecule has 0 aromatic heterocycles. The Labute approximate surface area is 80.6 Å². The van der Waals surface area contributed by atoms with Gasteiger partial charge >= 0.3 is 5.97 Å². The molecule has 78 valence electrons. The largest absolute Gasteiger partial charge is 0.480 e. The van der Waals surface area contributed by atoms with Gasteiger partial charge in [0.05, 0.1) is 0 Å². The minimum absolute atomic E-state index is 0.262. The number of carbonyl (C=O) groups is 3. The van der Waals surface area contributed by atoms with E-state index in [0.29, 0.717) is 0 Å². The van der Waals surface area contributed by atoms with Gasteiger partial charge in [-0.15, -0.1) is 0 Å². The molecule has 14 heavy (non-hydrogen) atoms. The lowest BCUT2D eigenvalue weighted by atomic mass is 9.89. The highest BCUT2D eigenvalue weighted by molar-refractivity contribution is 6.12. The van der Waals surface area contributed by atoms with Gasteiger partial charge in [0.2, 0.25) is 5.91 Å². The van der Waals surface area contributed by atoms with E-state index < -0.39 is 23.2 Å². The first-order valence-electron chi connectivity index (χ1n) is 3.82. The molecule has 5 N–H and O–H groups in total. The summed E-state index contributed by atoms with van der Waals surface area (Å²) in [4.78, 5) is 32.2. The molecule has 0 aromatic carbocycles. The van der Waals surface area contributed by atoms with Crippen molar-refractivity contribution in [2.75, 3.05) is 0 Å². The average molecular weight is 200 g/mol. The lowest BCUT2D eigenvalue weighted by Crippen LogP contribution is -2.54.